The molecule has 0 heterocycles. The molecule has 0 radical (unpaired) electrons. The molecule has 0 aliphatic heterocycles. The van der Waals surface area contributed by atoms with Crippen LogP contribution in [0.2, 0.25) is 0 Å². The lowest BCUT2D eigenvalue weighted by Gasteiger charge is -1.99. The smallest absolute Gasteiger partial charge is 0.222 e. The first-order valence-corrected chi connectivity index (χ1v) is 6.20. The van der Waals surface area contributed by atoms with Gasteiger partial charge in [-0.1, -0.05) is 0 Å². The van der Waals surface area contributed by atoms with Gasteiger partial charge >= 0.3 is 0 Å². The number of rotatable bonds is 2. The summed E-state index contributed by atoms with van der Waals surface area (Å²) >= 11 is 0. The largest absolute Gasteiger partial charge is 0.228 e. The van der Waals surface area contributed by atoms with Crippen LogP contribution in [0.4, 0.5) is 7.77 Å². The molecule has 14 heavy (non-hydrogen) atoms. The lowest BCUT2D eigenvalue weighted by molar-refractivity contribution is 0.632. The molecule has 0 aromatic heterocycles. The predicted molar refractivity (Wildman–Crippen MR) is 46.9 cm³/mol. The molecule has 4 nitrogen and oxygen atoms in total. The normalized spacial score (nSPS) is 19.6. The molecular weight excluding hydrogens is 234 g/mol. The van der Waals surface area contributed by atoms with E-state index in [0.717, 1.165) is 24.3 Å². The minimum Gasteiger partial charge on any atom is -0.222 e. The maximum atomic E-state index is 12.5. The van der Waals surface area contributed by atoms with Gasteiger partial charge in [-0.3, -0.25) is 0 Å². The van der Waals surface area contributed by atoms with Crippen LogP contribution >= 0.6 is 0 Å². The summed E-state index contributed by atoms with van der Waals surface area (Å²) in [7, 11) is -8.68. The van der Waals surface area contributed by atoms with Gasteiger partial charge in [0.25, 0.3) is 0 Å². The molecule has 2 N–H and O–H groups in total. The van der Waals surface area contributed by atoms with Crippen molar-refractivity contribution >= 4 is 20.2 Å². The van der Waals surface area contributed by atoms with Gasteiger partial charge in [-0.15, -0.1) is 7.77 Å². The van der Waals surface area contributed by atoms with Crippen molar-refractivity contribution in [3.05, 3.63) is 24.3 Å². The van der Waals surface area contributed by atoms with E-state index >= 15 is 0 Å². The summed E-state index contributed by atoms with van der Waals surface area (Å²) in [6, 6.07) is 3.49. The van der Waals surface area contributed by atoms with E-state index in [1.165, 1.54) is 0 Å². The molecule has 1 rings (SSSR count). The van der Waals surface area contributed by atoms with E-state index in [9.17, 15) is 16.2 Å². The molecule has 2 atom stereocenters. The Hall–Kier alpha value is -1.02. The van der Waals surface area contributed by atoms with Gasteiger partial charge in [-0.25, -0.2) is 18.0 Å². The molecule has 0 aliphatic carbocycles. The summed E-state index contributed by atoms with van der Waals surface area (Å²) in [4.78, 5) is -0.880. The van der Waals surface area contributed by atoms with E-state index < -0.39 is 30.0 Å². The molecule has 8 heteroatoms. The Balaban J connectivity index is 3.28. The van der Waals surface area contributed by atoms with Crippen molar-refractivity contribution in [2.24, 2.45) is 0 Å². The fourth-order valence-corrected chi connectivity index (χ4v) is 1.76. The van der Waals surface area contributed by atoms with E-state index in [1.54, 1.807) is 0 Å². The first kappa shape index (κ1) is 11.1. The molecular formula is C6H6F2N2O2S2. The maximum Gasteiger partial charge on any atom is 0.228 e. The standard InChI is InChI=1S/C6H6F2N2O2S2/c7-13(9,11)5-1-2-6(4-3-5)14(8,10)12/h1-4,9-10H. The Morgan fingerprint density at radius 1 is 0.857 bits per heavy atom. The van der Waals surface area contributed by atoms with Crippen LogP contribution in [-0.4, -0.2) is 8.42 Å². The highest BCUT2D eigenvalue weighted by Crippen LogP contribution is 2.18. The summed E-state index contributed by atoms with van der Waals surface area (Å²) in [5.74, 6) is 0. The summed E-state index contributed by atoms with van der Waals surface area (Å²) < 4.78 is 59.2. The maximum absolute atomic E-state index is 12.5. The molecule has 0 bridgehead atoms. The average molecular weight is 240 g/mol. The average Bonchev–Trinajstić information content (AvgIpc) is 2.01. The van der Waals surface area contributed by atoms with Crippen molar-refractivity contribution in [3.63, 3.8) is 0 Å². The number of hydrogen-bond donors (Lipinski definition) is 2. The molecule has 2 unspecified atom stereocenters. The number of hydrogen-bond acceptors (Lipinski definition) is 4. The van der Waals surface area contributed by atoms with E-state index in [-0.39, 0.29) is 0 Å². The van der Waals surface area contributed by atoms with Crippen molar-refractivity contribution in [2.45, 2.75) is 9.79 Å². The first-order chi connectivity index (χ1) is 6.21. The Labute approximate surface area is 80.5 Å². The van der Waals surface area contributed by atoms with Crippen molar-refractivity contribution in [3.8, 4) is 0 Å². The van der Waals surface area contributed by atoms with E-state index in [2.05, 4.69) is 0 Å². The SMILES string of the molecule is N=S(=O)(F)c1ccc(S(=N)(=O)F)cc1. The van der Waals surface area contributed by atoms with Crippen LogP contribution in [0.15, 0.2) is 34.1 Å². The third-order valence-corrected chi connectivity index (χ3v) is 3.19. The second-order valence-corrected chi connectivity index (χ2v) is 5.33. The predicted octanol–water partition coefficient (Wildman–Crippen LogP) is 2.27. The molecule has 1 aromatic rings. The summed E-state index contributed by atoms with van der Waals surface area (Å²) in [6.45, 7) is 0. The highest BCUT2D eigenvalue weighted by molar-refractivity contribution is 7.87. The summed E-state index contributed by atoms with van der Waals surface area (Å²) in [6.07, 6.45) is 0. The van der Waals surface area contributed by atoms with Crippen molar-refractivity contribution < 1.29 is 16.2 Å². The van der Waals surface area contributed by atoms with Gasteiger partial charge in [-0.2, -0.15) is 0 Å². The van der Waals surface area contributed by atoms with Gasteiger partial charge < -0.3 is 0 Å². The Morgan fingerprint density at radius 3 is 1.21 bits per heavy atom. The van der Waals surface area contributed by atoms with E-state index in [0.29, 0.717) is 0 Å². The zero-order valence-electron chi connectivity index (χ0n) is 6.70. The van der Waals surface area contributed by atoms with Crippen LogP contribution in [0.5, 0.6) is 0 Å². The lowest BCUT2D eigenvalue weighted by atomic mass is 10.4. The van der Waals surface area contributed by atoms with Crippen LogP contribution < -0.4 is 0 Å². The van der Waals surface area contributed by atoms with Gasteiger partial charge in [0.05, 0.1) is 9.79 Å². The Kier molecular flexibility index (Phi) is 2.59. The first-order valence-electron chi connectivity index (χ1n) is 3.28. The molecule has 1 aromatic carbocycles. The van der Waals surface area contributed by atoms with Crippen molar-refractivity contribution in [1.29, 1.82) is 9.56 Å². The van der Waals surface area contributed by atoms with Gasteiger partial charge in [0.1, 0.15) is 0 Å². The van der Waals surface area contributed by atoms with Crippen LogP contribution in [0.3, 0.4) is 0 Å². The highest BCUT2D eigenvalue weighted by Gasteiger charge is 2.11. The number of benzene rings is 1. The second-order valence-electron chi connectivity index (χ2n) is 2.44. The fraction of sp³-hybridized carbons (Fsp3) is 0. The van der Waals surface area contributed by atoms with Crippen LogP contribution in [0.1, 0.15) is 0 Å². The minimum atomic E-state index is -4.34. The topological polar surface area (TPSA) is 81.8 Å². The Bertz CT molecular complexity index is 483. The second kappa shape index (κ2) is 3.28. The quantitative estimate of drug-likeness (QED) is 0.777. The van der Waals surface area contributed by atoms with Gasteiger partial charge in [0.15, 0.2) is 0 Å². The van der Waals surface area contributed by atoms with Gasteiger partial charge in [0.2, 0.25) is 20.2 Å². The lowest BCUT2D eigenvalue weighted by Crippen LogP contribution is -1.93. The molecule has 0 fully saturated rings. The molecule has 0 saturated carbocycles. The number of halogens is 2. The third-order valence-electron chi connectivity index (χ3n) is 1.43. The minimum absolute atomic E-state index is 0.440. The van der Waals surface area contributed by atoms with E-state index in [1.807, 2.05) is 0 Å². The third kappa shape index (κ3) is 2.48. The van der Waals surface area contributed by atoms with Crippen LogP contribution in [0.25, 0.3) is 0 Å². The van der Waals surface area contributed by atoms with Crippen LogP contribution in [0, 0.1) is 9.56 Å². The molecule has 0 amide bonds. The zero-order valence-corrected chi connectivity index (χ0v) is 8.33. The van der Waals surface area contributed by atoms with Crippen molar-refractivity contribution in [1.82, 2.24) is 0 Å². The van der Waals surface area contributed by atoms with Gasteiger partial charge in [-0.05, 0) is 24.3 Å². The Morgan fingerprint density at radius 2 is 1.07 bits per heavy atom. The molecule has 0 aliphatic rings. The van der Waals surface area contributed by atoms with Gasteiger partial charge in [0, 0.05) is 0 Å². The molecule has 0 saturated heterocycles. The number of nitrogens with one attached hydrogen (secondary N) is 2. The summed E-state index contributed by atoms with van der Waals surface area (Å²) in [5.41, 5.74) is 0. The molecule has 78 valence electrons. The fourth-order valence-electron chi connectivity index (χ4n) is 0.790. The van der Waals surface area contributed by atoms with E-state index in [4.69, 9.17) is 9.56 Å². The highest BCUT2D eigenvalue weighted by atomic mass is 32.3. The molecule has 0 spiro atoms. The van der Waals surface area contributed by atoms with Crippen LogP contribution in [-0.2, 0) is 20.2 Å². The van der Waals surface area contributed by atoms with Crippen molar-refractivity contribution in [2.75, 3.05) is 0 Å². The zero-order chi connectivity index (χ0) is 11.0. The monoisotopic (exact) mass is 240 g/mol. The summed E-state index contributed by atoms with van der Waals surface area (Å²) in [5, 5.41) is 0.